The minimum atomic E-state index is -1.07. The van der Waals surface area contributed by atoms with Crippen molar-refractivity contribution in [3.05, 3.63) is 52.8 Å². The summed E-state index contributed by atoms with van der Waals surface area (Å²) >= 11 is 1.23. The van der Waals surface area contributed by atoms with Gasteiger partial charge in [-0.1, -0.05) is 6.07 Å². The molecule has 0 aromatic carbocycles. The van der Waals surface area contributed by atoms with Crippen molar-refractivity contribution in [2.45, 2.75) is 6.92 Å². The van der Waals surface area contributed by atoms with Crippen LogP contribution >= 0.6 is 11.3 Å². The highest BCUT2D eigenvalue weighted by Gasteiger charge is 2.18. The lowest BCUT2D eigenvalue weighted by Gasteiger charge is -2.01. The van der Waals surface area contributed by atoms with Crippen LogP contribution in [0.2, 0.25) is 0 Å². The van der Waals surface area contributed by atoms with Crippen molar-refractivity contribution in [2.24, 2.45) is 0 Å². The monoisotopic (exact) mass is 301 g/mol. The van der Waals surface area contributed by atoms with Gasteiger partial charge < -0.3 is 14.8 Å². The zero-order chi connectivity index (χ0) is 15.0. The molecule has 0 unspecified atom stereocenters. The zero-order valence-corrected chi connectivity index (χ0v) is 11.8. The van der Waals surface area contributed by atoms with Crippen LogP contribution in [0, 0.1) is 6.92 Å². The summed E-state index contributed by atoms with van der Waals surface area (Å²) < 4.78 is 1.73. The summed E-state index contributed by atoms with van der Waals surface area (Å²) in [4.78, 5) is 28.3. The number of carbonyl (C=O) groups is 2. The van der Waals surface area contributed by atoms with E-state index in [9.17, 15) is 9.59 Å². The number of carbonyl (C=O) groups excluding carboxylic acids is 1. The Labute approximate surface area is 123 Å². The van der Waals surface area contributed by atoms with Gasteiger partial charge in [0, 0.05) is 17.3 Å². The number of fused-ring (bicyclic) bond motifs is 1. The van der Waals surface area contributed by atoms with E-state index < -0.39 is 11.9 Å². The van der Waals surface area contributed by atoms with E-state index in [-0.39, 0.29) is 11.3 Å². The van der Waals surface area contributed by atoms with E-state index in [1.807, 2.05) is 12.1 Å². The van der Waals surface area contributed by atoms with Gasteiger partial charge in [0.05, 0.1) is 5.56 Å². The molecule has 3 heterocycles. The second-order valence-electron chi connectivity index (χ2n) is 4.45. The summed E-state index contributed by atoms with van der Waals surface area (Å²) in [5.74, 6) is -1.49. The van der Waals surface area contributed by atoms with Crippen LogP contribution in [0.15, 0.2) is 36.7 Å². The Bertz CT molecular complexity index is 817. The van der Waals surface area contributed by atoms with Crippen molar-refractivity contribution in [1.82, 2.24) is 9.38 Å². The Hall–Kier alpha value is -2.67. The Morgan fingerprint density at radius 1 is 1.38 bits per heavy atom. The SMILES string of the molecule is Cc1cc(C(=O)O)c(NC(=O)c2cn3ccccc3n2)s1. The summed E-state index contributed by atoms with van der Waals surface area (Å²) in [6.45, 7) is 1.79. The van der Waals surface area contributed by atoms with Gasteiger partial charge in [0.25, 0.3) is 5.91 Å². The predicted molar refractivity (Wildman–Crippen MR) is 79.2 cm³/mol. The van der Waals surface area contributed by atoms with Crippen LogP contribution in [0.5, 0.6) is 0 Å². The molecule has 21 heavy (non-hydrogen) atoms. The van der Waals surface area contributed by atoms with Gasteiger partial charge in [-0.2, -0.15) is 0 Å². The van der Waals surface area contributed by atoms with Crippen molar-refractivity contribution < 1.29 is 14.7 Å². The van der Waals surface area contributed by atoms with Crippen LogP contribution < -0.4 is 5.32 Å². The first-order valence-electron chi connectivity index (χ1n) is 6.13. The zero-order valence-electron chi connectivity index (χ0n) is 11.0. The number of pyridine rings is 1. The number of aryl methyl sites for hydroxylation is 1. The lowest BCUT2D eigenvalue weighted by atomic mass is 10.3. The summed E-state index contributed by atoms with van der Waals surface area (Å²) in [5.41, 5.74) is 0.988. The molecule has 0 radical (unpaired) electrons. The molecule has 7 heteroatoms. The van der Waals surface area contributed by atoms with E-state index in [0.29, 0.717) is 10.6 Å². The second kappa shape index (κ2) is 5.02. The molecule has 0 aliphatic carbocycles. The van der Waals surface area contributed by atoms with Crippen LogP contribution in [0.25, 0.3) is 5.65 Å². The van der Waals surface area contributed by atoms with Crippen LogP contribution in [-0.4, -0.2) is 26.4 Å². The molecule has 0 saturated carbocycles. The Balaban J connectivity index is 1.91. The Morgan fingerprint density at radius 2 is 2.19 bits per heavy atom. The van der Waals surface area contributed by atoms with Crippen LogP contribution in [-0.2, 0) is 0 Å². The highest BCUT2D eigenvalue weighted by molar-refractivity contribution is 7.16. The van der Waals surface area contributed by atoms with Crippen LogP contribution in [0.1, 0.15) is 25.7 Å². The number of carboxylic acid groups (broad SMARTS) is 1. The molecule has 0 spiro atoms. The van der Waals surface area contributed by atoms with Crippen molar-refractivity contribution >= 4 is 33.9 Å². The normalized spacial score (nSPS) is 10.7. The number of nitrogens with zero attached hydrogens (tertiary/aromatic N) is 2. The Morgan fingerprint density at radius 3 is 2.90 bits per heavy atom. The minimum absolute atomic E-state index is 0.0922. The molecular weight excluding hydrogens is 290 g/mol. The maximum atomic E-state index is 12.2. The number of imidazole rings is 1. The van der Waals surface area contributed by atoms with Crippen molar-refractivity contribution in [3.63, 3.8) is 0 Å². The molecule has 3 rings (SSSR count). The number of anilines is 1. The molecule has 0 aliphatic rings. The largest absolute Gasteiger partial charge is 0.478 e. The minimum Gasteiger partial charge on any atom is -0.478 e. The fraction of sp³-hybridized carbons (Fsp3) is 0.0714. The van der Waals surface area contributed by atoms with Gasteiger partial charge >= 0.3 is 5.97 Å². The highest BCUT2D eigenvalue weighted by Crippen LogP contribution is 2.28. The molecule has 2 N–H and O–H groups in total. The molecule has 0 bridgehead atoms. The van der Waals surface area contributed by atoms with Gasteiger partial charge in [-0.3, -0.25) is 4.79 Å². The Kier molecular flexibility index (Phi) is 3.19. The van der Waals surface area contributed by atoms with Gasteiger partial charge in [0.1, 0.15) is 16.3 Å². The number of thiophene rings is 1. The maximum Gasteiger partial charge on any atom is 0.338 e. The average molecular weight is 301 g/mol. The summed E-state index contributed by atoms with van der Waals surface area (Å²) in [6, 6.07) is 6.98. The molecule has 6 nitrogen and oxygen atoms in total. The summed E-state index contributed by atoms with van der Waals surface area (Å²) in [7, 11) is 0. The topological polar surface area (TPSA) is 83.7 Å². The summed E-state index contributed by atoms with van der Waals surface area (Å²) in [6.07, 6.45) is 3.39. The molecule has 3 aromatic rings. The lowest BCUT2D eigenvalue weighted by molar-refractivity contribution is 0.0698. The molecule has 3 aromatic heterocycles. The molecule has 0 fully saturated rings. The lowest BCUT2D eigenvalue weighted by Crippen LogP contribution is -2.13. The molecule has 1 amide bonds. The molecule has 0 atom stereocenters. The third-order valence-corrected chi connectivity index (χ3v) is 3.88. The third kappa shape index (κ3) is 2.50. The van der Waals surface area contributed by atoms with E-state index >= 15 is 0 Å². The first-order valence-corrected chi connectivity index (χ1v) is 6.95. The first-order chi connectivity index (χ1) is 10.0. The number of carboxylic acids is 1. The number of hydrogen-bond acceptors (Lipinski definition) is 4. The fourth-order valence-electron chi connectivity index (χ4n) is 1.98. The van der Waals surface area contributed by atoms with E-state index in [1.54, 1.807) is 29.8 Å². The van der Waals surface area contributed by atoms with Gasteiger partial charge in [-0.05, 0) is 25.1 Å². The number of hydrogen-bond donors (Lipinski definition) is 2. The molecule has 0 aliphatic heterocycles. The van der Waals surface area contributed by atoms with E-state index in [2.05, 4.69) is 10.3 Å². The van der Waals surface area contributed by atoms with E-state index in [4.69, 9.17) is 5.11 Å². The predicted octanol–water partition coefficient (Wildman–Crippen LogP) is 2.65. The maximum absolute atomic E-state index is 12.2. The van der Waals surface area contributed by atoms with E-state index in [0.717, 1.165) is 4.88 Å². The standard InChI is InChI=1S/C14H11N3O3S/c1-8-6-9(14(19)20)13(21-8)16-12(18)10-7-17-5-3-2-4-11(17)15-10/h2-7H,1H3,(H,16,18)(H,19,20). The summed E-state index contributed by atoms with van der Waals surface area (Å²) in [5, 5.41) is 12.0. The third-order valence-electron chi connectivity index (χ3n) is 2.91. The fourth-order valence-corrected chi connectivity index (χ4v) is 2.88. The molecule has 0 saturated heterocycles. The number of nitrogens with one attached hydrogen (secondary N) is 1. The van der Waals surface area contributed by atoms with Crippen LogP contribution in [0.4, 0.5) is 5.00 Å². The van der Waals surface area contributed by atoms with Crippen molar-refractivity contribution in [2.75, 3.05) is 5.32 Å². The highest BCUT2D eigenvalue weighted by atomic mass is 32.1. The van der Waals surface area contributed by atoms with Gasteiger partial charge in [0.2, 0.25) is 0 Å². The number of rotatable bonds is 3. The number of aromatic nitrogens is 2. The number of aromatic carboxylic acids is 1. The quantitative estimate of drug-likeness (QED) is 0.779. The van der Waals surface area contributed by atoms with Gasteiger partial charge in [0.15, 0.2) is 0 Å². The van der Waals surface area contributed by atoms with Crippen molar-refractivity contribution in [1.29, 1.82) is 0 Å². The molecule has 106 valence electrons. The second-order valence-corrected chi connectivity index (χ2v) is 5.71. The van der Waals surface area contributed by atoms with E-state index in [1.165, 1.54) is 17.4 Å². The molecular formula is C14H11N3O3S. The smallest absolute Gasteiger partial charge is 0.338 e. The van der Waals surface area contributed by atoms with Gasteiger partial charge in [-0.15, -0.1) is 11.3 Å². The first kappa shape index (κ1) is 13.3. The average Bonchev–Trinajstić information content (AvgIpc) is 3.02. The number of amides is 1. The van der Waals surface area contributed by atoms with Gasteiger partial charge in [-0.25, -0.2) is 9.78 Å². The van der Waals surface area contributed by atoms with Crippen LogP contribution in [0.3, 0.4) is 0 Å². The van der Waals surface area contributed by atoms with Crippen molar-refractivity contribution in [3.8, 4) is 0 Å².